The summed E-state index contributed by atoms with van der Waals surface area (Å²) in [6.45, 7) is 1.14. The Morgan fingerprint density at radius 1 is 1.50 bits per heavy atom. The van der Waals surface area contributed by atoms with Gasteiger partial charge in [0.1, 0.15) is 18.2 Å². The van der Waals surface area contributed by atoms with Gasteiger partial charge >= 0.3 is 5.97 Å². The van der Waals surface area contributed by atoms with Crippen LogP contribution in [0.2, 0.25) is 0 Å². The Morgan fingerprint density at radius 3 is 2.78 bits per heavy atom. The zero-order chi connectivity index (χ0) is 13.0. The second kappa shape index (κ2) is 5.82. The van der Waals surface area contributed by atoms with Crippen LogP contribution >= 0.6 is 0 Å². The Kier molecular flexibility index (Phi) is 4.15. The van der Waals surface area contributed by atoms with Gasteiger partial charge in [-0.1, -0.05) is 0 Å². The first-order valence-corrected chi connectivity index (χ1v) is 5.85. The van der Waals surface area contributed by atoms with Gasteiger partial charge in [0.2, 0.25) is 0 Å². The molecule has 1 aliphatic heterocycles. The fourth-order valence-corrected chi connectivity index (χ4v) is 2.00. The monoisotopic (exact) mass is 254 g/mol. The Hall–Kier alpha value is -1.62. The molecular formula is C13H15FO4. The molecule has 5 heteroatoms. The summed E-state index contributed by atoms with van der Waals surface area (Å²) in [5.41, 5.74) is 0. The number of ether oxygens (including phenoxy) is 2. The lowest BCUT2D eigenvalue weighted by atomic mass is 9.92. The Balaban J connectivity index is 1.93. The van der Waals surface area contributed by atoms with Gasteiger partial charge in [-0.2, -0.15) is 0 Å². The van der Waals surface area contributed by atoms with Gasteiger partial charge in [-0.05, 0) is 30.7 Å². The number of carboxylic acids is 1. The van der Waals surface area contributed by atoms with Crippen LogP contribution in [0.4, 0.5) is 4.39 Å². The van der Waals surface area contributed by atoms with E-state index in [4.69, 9.17) is 14.6 Å². The van der Waals surface area contributed by atoms with E-state index in [0.29, 0.717) is 19.0 Å². The number of halogens is 1. The molecule has 1 N–H and O–H groups in total. The predicted molar refractivity (Wildman–Crippen MR) is 61.9 cm³/mol. The van der Waals surface area contributed by atoms with Crippen LogP contribution in [0.15, 0.2) is 24.3 Å². The molecule has 1 aromatic rings. The number of hydrogen-bond donors (Lipinski definition) is 1. The molecule has 1 saturated heterocycles. The molecule has 2 rings (SSSR count). The molecule has 0 aliphatic carbocycles. The minimum Gasteiger partial charge on any atom is -0.493 e. The third-order valence-electron chi connectivity index (χ3n) is 3.09. The highest BCUT2D eigenvalue weighted by molar-refractivity contribution is 5.70. The summed E-state index contributed by atoms with van der Waals surface area (Å²) in [5, 5.41) is 9.16. The van der Waals surface area contributed by atoms with E-state index in [1.54, 1.807) is 0 Å². The maximum Gasteiger partial charge on any atom is 0.310 e. The maximum absolute atomic E-state index is 12.7. The summed E-state index contributed by atoms with van der Waals surface area (Å²) in [7, 11) is 0. The zero-order valence-electron chi connectivity index (χ0n) is 9.84. The van der Waals surface area contributed by atoms with Crippen molar-refractivity contribution in [3.05, 3.63) is 30.1 Å². The molecule has 0 radical (unpaired) electrons. The quantitative estimate of drug-likeness (QED) is 0.872. The SMILES string of the molecule is O=C(O)C(COc1ccc(F)cc1)C1CCOC1. The highest BCUT2D eigenvalue weighted by atomic mass is 19.1. The van der Waals surface area contributed by atoms with Crippen molar-refractivity contribution in [1.29, 1.82) is 0 Å². The fraction of sp³-hybridized carbons (Fsp3) is 0.462. The molecule has 1 heterocycles. The maximum atomic E-state index is 12.7. The predicted octanol–water partition coefficient (Wildman–Crippen LogP) is 1.94. The van der Waals surface area contributed by atoms with Crippen molar-refractivity contribution in [2.45, 2.75) is 6.42 Å². The van der Waals surface area contributed by atoms with E-state index in [2.05, 4.69) is 0 Å². The molecule has 1 aliphatic rings. The van der Waals surface area contributed by atoms with Crippen LogP contribution in [0.1, 0.15) is 6.42 Å². The number of hydrogen-bond acceptors (Lipinski definition) is 3. The topological polar surface area (TPSA) is 55.8 Å². The molecular weight excluding hydrogens is 239 g/mol. The first-order chi connectivity index (χ1) is 8.66. The highest BCUT2D eigenvalue weighted by Crippen LogP contribution is 2.23. The molecule has 98 valence electrons. The first kappa shape index (κ1) is 12.8. The van der Waals surface area contributed by atoms with Crippen molar-refractivity contribution in [3.63, 3.8) is 0 Å². The summed E-state index contributed by atoms with van der Waals surface area (Å²) in [6.07, 6.45) is 0.740. The Bertz CT molecular complexity index is 398. The van der Waals surface area contributed by atoms with E-state index in [1.165, 1.54) is 24.3 Å². The zero-order valence-corrected chi connectivity index (χ0v) is 9.84. The van der Waals surface area contributed by atoms with Crippen LogP contribution in [0.25, 0.3) is 0 Å². The van der Waals surface area contributed by atoms with E-state index in [0.717, 1.165) is 6.42 Å². The van der Waals surface area contributed by atoms with Crippen molar-refractivity contribution in [2.75, 3.05) is 19.8 Å². The first-order valence-electron chi connectivity index (χ1n) is 5.85. The van der Waals surface area contributed by atoms with E-state index >= 15 is 0 Å². The third kappa shape index (κ3) is 3.20. The second-order valence-corrected chi connectivity index (χ2v) is 4.33. The molecule has 2 atom stereocenters. The number of aliphatic carboxylic acids is 1. The second-order valence-electron chi connectivity index (χ2n) is 4.33. The molecule has 0 saturated carbocycles. The van der Waals surface area contributed by atoms with Crippen LogP contribution < -0.4 is 4.74 Å². The molecule has 1 aromatic carbocycles. The molecule has 4 nitrogen and oxygen atoms in total. The molecule has 18 heavy (non-hydrogen) atoms. The standard InChI is InChI=1S/C13H15FO4/c14-10-1-3-11(4-2-10)18-8-12(13(15)16)9-5-6-17-7-9/h1-4,9,12H,5-8H2,(H,15,16). The molecule has 0 spiro atoms. The summed E-state index contributed by atoms with van der Waals surface area (Å²) in [4.78, 5) is 11.2. The summed E-state index contributed by atoms with van der Waals surface area (Å²) >= 11 is 0. The van der Waals surface area contributed by atoms with Crippen LogP contribution in [-0.2, 0) is 9.53 Å². The third-order valence-corrected chi connectivity index (χ3v) is 3.09. The highest BCUT2D eigenvalue weighted by Gasteiger charge is 2.31. The van der Waals surface area contributed by atoms with Gasteiger partial charge in [-0.15, -0.1) is 0 Å². The molecule has 2 unspecified atom stereocenters. The smallest absolute Gasteiger partial charge is 0.310 e. The van der Waals surface area contributed by atoms with Gasteiger partial charge in [0.15, 0.2) is 0 Å². The summed E-state index contributed by atoms with van der Waals surface area (Å²) < 4.78 is 23.3. The number of carbonyl (C=O) groups is 1. The van der Waals surface area contributed by atoms with Gasteiger partial charge < -0.3 is 14.6 Å². The van der Waals surface area contributed by atoms with Crippen LogP contribution in [0.3, 0.4) is 0 Å². The Morgan fingerprint density at radius 2 is 2.22 bits per heavy atom. The normalized spacial score (nSPS) is 20.6. The summed E-state index contributed by atoms with van der Waals surface area (Å²) in [5.74, 6) is -1.35. The average Bonchev–Trinajstić information content (AvgIpc) is 2.85. The molecule has 0 bridgehead atoms. The van der Waals surface area contributed by atoms with Gasteiger partial charge in [-0.25, -0.2) is 4.39 Å². The molecule has 1 fully saturated rings. The Labute approximate surface area is 104 Å². The van der Waals surface area contributed by atoms with E-state index in [-0.39, 0.29) is 18.3 Å². The van der Waals surface area contributed by atoms with Gasteiger partial charge in [0.25, 0.3) is 0 Å². The minimum atomic E-state index is -0.882. The van der Waals surface area contributed by atoms with Crippen molar-refractivity contribution in [1.82, 2.24) is 0 Å². The van der Waals surface area contributed by atoms with Crippen molar-refractivity contribution < 1.29 is 23.8 Å². The number of benzene rings is 1. The van der Waals surface area contributed by atoms with Crippen molar-refractivity contribution in [3.8, 4) is 5.75 Å². The lowest BCUT2D eigenvalue weighted by molar-refractivity contribution is -0.145. The van der Waals surface area contributed by atoms with E-state index in [1.807, 2.05) is 0 Å². The summed E-state index contributed by atoms with van der Waals surface area (Å²) in [6, 6.07) is 5.53. The van der Waals surface area contributed by atoms with Gasteiger partial charge in [0, 0.05) is 12.5 Å². The minimum absolute atomic E-state index is 0.0112. The van der Waals surface area contributed by atoms with Gasteiger partial charge in [0.05, 0.1) is 12.5 Å². The van der Waals surface area contributed by atoms with Crippen LogP contribution in [0, 0.1) is 17.7 Å². The molecule has 0 amide bonds. The van der Waals surface area contributed by atoms with Crippen molar-refractivity contribution in [2.24, 2.45) is 11.8 Å². The van der Waals surface area contributed by atoms with Gasteiger partial charge in [-0.3, -0.25) is 4.79 Å². The van der Waals surface area contributed by atoms with Crippen LogP contribution in [-0.4, -0.2) is 30.9 Å². The van der Waals surface area contributed by atoms with Crippen LogP contribution in [0.5, 0.6) is 5.75 Å². The van der Waals surface area contributed by atoms with E-state index < -0.39 is 11.9 Å². The lowest BCUT2D eigenvalue weighted by Crippen LogP contribution is -2.29. The fourth-order valence-electron chi connectivity index (χ4n) is 2.00. The lowest BCUT2D eigenvalue weighted by Gasteiger charge is -2.18. The molecule has 0 aromatic heterocycles. The largest absolute Gasteiger partial charge is 0.493 e. The number of carboxylic acid groups (broad SMARTS) is 1. The van der Waals surface area contributed by atoms with E-state index in [9.17, 15) is 9.18 Å². The van der Waals surface area contributed by atoms with Crippen molar-refractivity contribution >= 4 is 5.97 Å². The number of rotatable bonds is 5. The average molecular weight is 254 g/mol.